The summed E-state index contributed by atoms with van der Waals surface area (Å²) in [6.45, 7) is 3.81. The van der Waals surface area contributed by atoms with Crippen molar-refractivity contribution in [3.63, 3.8) is 0 Å². The number of aliphatic hydroxyl groups is 1. The van der Waals surface area contributed by atoms with Gasteiger partial charge in [-0.1, -0.05) is 6.07 Å². The third-order valence-electron chi connectivity index (χ3n) is 5.43. The normalized spacial score (nSPS) is 17.1. The molecule has 1 N–H and O–H groups in total. The number of carbonyl (C=O) groups is 2. The smallest absolute Gasteiger partial charge is 0.302 e. The maximum atomic E-state index is 13.2. The number of Topliss-reactive ketones (excluding diaryl/α,β-unsaturated/α-hetero) is 1. The monoisotopic (exact) mass is 475 g/mol. The maximum Gasteiger partial charge on any atom is 0.302 e. The van der Waals surface area contributed by atoms with Crippen molar-refractivity contribution in [1.82, 2.24) is 9.97 Å². The fraction of sp³-hybridized carbons (Fsp3) is 0.231. The van der Waals surface area contributed by atoms with E-state index in [1.165, 1.54) is 31.5 Å². The molecule has 1 aromatic heterocycles. The van der Waals surface area contributed by atoms with E-state index in [4.69, 9.17) is 14.2 Å². The zero-order valence-corrected chi connectivity index (χ0v) is 19.8. The minimum atomic E-state index is -0.996. The second-order valence-corrected chi connectivity index (χ2v) is 8.02. The van der Waals surface area contributed by atoms with E-state index in [1.807, 2.05) is 13.8 Å². The Morgan fingerprint density at radius 3 is 2.23 bits per heavy atom. The van der Waals surface area contributed by atoms with Gasteiger partial charge in [-0.25, -0.2) is 9.97 Å². The Kier molecular flexibility index (Phi) is 6.68. The van der Waals surface area contributed by atoms with Crippen LogP contribution in [0.3, 0.4) is 0 Å². The molecule has 1 amide bonds. The fourth-order valence-corrected chi connectivity index (χ4v) is 3.91. The van der Waals surface area contributed by atoms with Crippen LogP contribution in [-0.4, -0.2) is 47.1 Å². The van der Waals surface area contributed by atoms with E-state index in [9.17, 15) is 14.7 Å². The molecule has 180 valence electrons. The highest BCUT2D eigenvalue weighted by molar-refractivity contribution is 6.51. The van der Waals surface area contributed by atoms with E-state index < -0.39 is 17.7 Å². The van der Waals surface area contributed by atoms with Gasteiger partial charge in [0, 0.05) is 18.0 Å². The quantitative estimate of drug-likeness (QED) is 0.311. The first kappa shape index (κ1) is 23.7. The van der Waals surface area contributed by atoms with Crippen molar-refractivity contribution < 1.29 is 28.9 Å². The Morgan fingerprint density at radius 1 is 0.971 bits per heavy atom. The summed E-state index contributed by atoms with van der Waals surface area (Å²) in [6, 6.07) is 12.3. The van der Waals surface area contributed by atoms with Gasteiger partial charge in [0.25, 0.3) is 5.78 Å². The zero-order valence-electron chi connectivity index (χ0n) is 19.8. The first-order chi connectivity index (χ1) is 16.8. The van der Waals surface area contributed by atoms with Crippen LogP contribution >= 0.6 is 0 Å². The van der Waals surface area contributed by atoms with Crippen molar-refractivity contribution >= 4 is 23.4 Å². The van der Waals surface area contributed by atoms with Gasteiger partial charge in [0.1, 0.15) is 11.5 Å². The van der Waals surface area contributed by atoms with Gasteiger partial charge < -0.3 is 19.3 Å². The molecule has 1 unspecified atom stereocenters. The van der Waals surface area contributed by atoms with Crippen LogP contribution in [0.4, 0.5) is 5.95 Å². The number of rotatable bonds is 7. The summed E-state index contributed by atoms with van der Waals surface area (Å²) in [7, 11) is 2.99. The minimum absolute atomic E-state index is 0.0179. The first-order valence-electron chi connectivity index (χ1n) is 10.9. The standard InChI is InChI=1S/C26H25N3O6/c1-15(2)35-18-9-6-16(7-10-18)23(30)21-22(17-8-11-19(33-3)20(14-17)34-4)29(25(32)24(21)31)26-27-12-5-13-28-26/h5-15,22,30H,1-4H3. The molecule has 0 saturated carbocycles. The summed E-state index contributed by atoms with van der Waals surface area (Å²) in [5.41, 5.74) is 0.779. The van der Waals surface area contributed by atoms with Crippen LogP contribution in [0.2, 0.25) is 0 Å². The zero-order chi connectivity index (χ0) is 25.1. The van der Waals surface area contributed by atoms with Gasteiger partial charge >= 0.3 is 5.91 Å². The molecule has 2 aromatic carbocycles. The number of benzene rings is 2. The van der Waals surface area contributed by atoms with E-state index in [1.54, 1.807) is 48.5 Å². The Bertz CT molecular complexity index is 1270. The van der Waals surface area contributed by atoms with Crippen molar-refractivity contribution in [1.29, 1.82) is 0 Å². The van der Waals surface area contributed by atoms with Crippen molar-refractivity contribution in [2.45, 2.75) is 26.0 Å². The van der Waals surface area contributed by atoms with E-state index >= 15 is 0 Å². The molecule has 1 atom stereocenters. The lowest BCUT2D eigenvalue weighted by Crippen LogP contribution is -2.31. The van der Waals surface area contributed by atoms with Gasteiger partial charge in [0.15, 0.2) is 11.5 Å². The number of methoxy groups -OCH3 is 2. The Hall–Kier alpha value is -4.40. The van der Waals surface area contributed by atoms with Crippen molar-refractivity contribution in [3.05, 3.63) is 77.6 Å². The molecule has 0 bridgehead atoms. The minimum Gasteiger partial charge on any atom is -0.507 e. The average molecular weight is 476 g/mol. The summed E-state index contributed by atoms with van der Waals surface area (Å²) < 4.78 is 16.4. The second kappa shape index (κ2) is 9.84. The number of carbonyl (C=O) groups excluding carboxylic acids is 2. The van der Waals surface area contributed by atoms with Crippen LogP contribution < -0.4 is 19.1 Å². The number of nitrogens with zero attached hydrogens (tertiary/aromatic N) is 3. The first-order valence-corrected chi connectivity index (χ1v) is 10.9. The Labute approximate surface area is 202 Å². The van der Waals surface area contributed by atoms with Crippen LogP contribution in [0.1, 0.15) is 31.0 Å². The molecule has 9 nitrogen and oxygen atoms in total. The molecular formula is C26H25N3O6. The predicted molar refractivity (Wildman–Crippen MR) is 129 cm³/mol. The largest absolute Gasteiger partial charge is 0.507 e. The second-order valence-electron chi connectivity index (χ2n) is 8.02. The number of aromatic nitrogens is 2. The van der Waals surface area contributed by atoms with E-state index in [2.05, 4.69) is 9.97 Å². The molecule has 1 aliphatic rings. The molecule has 1 aliphatic heterocycles. The van der Waals surface area contributed by atoms with Gasteiger partial charge in [-0.15, -0.1) is 0 Å². The maximum absolute atomic E-state index is 13.2. The highest BCUT2D eigenvalue weighted by atomic mass is 16.5. The highest BCUT2D eigenvalue weighted by Gasteiger charge is 2.48. The summed E-state index contributed by atoms with van der Waals surface area (Å²) in [6.07, 6.45) is 2.93. The van der Waals surface area contributed by atoms with Crippen molar-refractivity contribution in [2.75, 3.05) is 19.1 Å². The SMILES string of the molecule is COc1ccc(C2C(=C(O)c3ccc(OC(C)C)cc3)C(=O)C(=O)N2c2ncccn2)cc1OC. The lowest BCUT2D eigenvalue weighted by atomic mass is 9.95. The lowest BCUT2D eigenvalue weighted by molar-refractivity contribution is -0.132. The molecule has 0 radical (unpaired) electrons. The molecule has 0 spiro atoms. The number of anilines is 1. The number of hydrogen-bond donors (Lipinski definition) is 1. The van der Waals surface area contributed by atoms with Gasteiger partial charge in [0.2, 0.25) is 5.95 Å². The number of hydrogen-bond acceptors (Lipinski definition) is 8. The molecule has 1 fully saturated rings. The van der Waals surface area contributed by atoms with Crippen molar-refractivity contribution in [3.8, 4) is 17.2 Å². The van der Waals surface area contributed by atoms with Gasteiger partial charge in [-0.2, -0.15) is 0 Å². The van der Waals surface area contributed by atoms with Gasteiger partial charge in [-0.3, -0.25) is 14.5 Å². The number of amides is 1. The van der Waals surface area contributed by atoms with E-state index in [0.717, 1.165) is 0 Å². The number of ether oxygens (including phenoxy) is 3. The fourth-order valence-electron chi connectivity index (χ4n) is 3.91. The van der Waals surface area contributed by atoms with Crippen LogP contribution in [0.15, 0.2) is 66.5 Å². The Morgan fingerprint density at radius 2 is 1.63 bits per heavy atom. The molecular weight excluding hydrogens is 450 g/mol. The van der Waals surface area contributed by atoms with Crippen LogP contribution in [0, 0.1) is 0 Å². The topological polar surface area (TPSA) is 111 Å². The Balaban J connectivity index is 1.89. The molecule has 2 heterocycles. The third-order valence-corrected chi connectivity index (χ3v) is 5.43. The summed E-state index contributed by atoms with van der Waals surface area (Å²) in [5.74, 6) is -0.489. The molecule has 4 rings (SSSR count). The highest BCUT2D eigenvalue weighted by Crippen LogP contribution is 2.43. The van der Waals surface area contributed by atoms with Crippen LogP contribution in [0.5, 0.6) is 17.2 Å². The molecule has 1 saturated heterocycles. The molecule has 35 heavy (non-hydrogen) atoms. The van der Waals surface area contributed by atoms with Crippen LogP contribution in [-0.2, 0) is 9.59 Å². The van der Waals surface area contributed by atoms with E-state index in [-0.39, 0.29) is 23.4 Å². The third kappa shape index (κ3) is 4.52. The molecule has 3 aromatic rings. The summed E-state index contributed by atoms with van der Waals surface area (Å²) in [5, 5.41) is 11.2. The predicted octanol–water partition coefficient (Wildman–Crippen LogP) is 3.91. The summed E-state index contributed by atoms with van der Waals surface area (Å²) in [4.78, 5) is 35.9. The van der Waals surface area contributed by atoms with Gasteiger partial charge in [-0.05, 0) is 61.9 Å². The number of ketones is 1. The van der Waals surface area contributed by atoms with Crippen LogP contribution in [0.25, 0.3) is 5.76 Å². The number of aliphatic hydroxyl groups excluding tert-OH is 1. The van der Waals surface area contributed by atoms with E-state index in [0.29, 0.717) is 28.4 Å². The van der Waals surface area contributed by atoms with Crippen molar-refractivity contribution in [2.24, 2.45) is 0 Å². The van der Waals surface area contributed by atoms with Gasteiger partial charge in [0.05, 0.1) is 31.9 Å². The molecule has 0 aliphatic carbocycles. The average Bonchev–Trinajstić information content (AvgIpc) is 3.14. The lowest BCUT2D eigenvalue weighted by Gasteiger charge is -2.24. The summed E-state index contributed by atoms with van der Waals surface area (Å²) >= 11 is 0. The molecule has 9 heteroatoms.